The quantitative estimate of drug-likeness (QED) is 0.822. The second-order valence-electron chi connectivity index (χ2n) is 6.65. The fraction of sp³-hybridized carbons (Fsp3) is 0.556. The van der Waals surface area contributed by atoms with E-state index in [1.165, 1.54) is 10.5 Å². The van der Waals surface area contributed by atoms with E-state index < -0.39 is 5.41 Å². The van der Waals surface area contributed by atoms with E-state index >= 15 is 0 Å². The third kappa shape index (κ3) is 2.79. The second-order valence-corrected chi connectivity index (χ2v) is 6.65. The molecule has 124 valence electrons. The number of imide groups is 1. The normalized spacial score (nSPS) is 23.9. The van der Waals surface area contributed by atoms with Crippen molar-refractivity contribution in [2.75, 3.05) is 33.3 Å². The predicted molar refractivity (Wildman–Crippen MR) is 87.0 cm³/mol. The molecule has 1 aliphatic carbocycles. The number of carbonyl (C=O) groups excluding carboxylic acids is 2. The molecule has 1 aromatic rings. The van der Waals surface area contributed by atoms with E-state index in [0.29, 0.717) is 26.1 Å². The highest BCUT2D eigenvalue weighted by Gasteiger charge is 2.53. The number of hydrogen-bond acceptors (Lipinski definition) is 4. The summed E-state index contributed by atoms with van der Waals surface area (Å²) in [6.07, 6.45) is 3.00. The molecule has 3 rings (SSSR count). The van der Waals surface area contributed by atoms with Crippen molar-refractivity contribution in [3.63, 3.8) is 0 Å². The van der Waals surface area contributed by atoms with Gasteiger partial charge < -0.3 is 10.0 Å². The lowest BCUT2D eigenvalue weighted by molar-refractivity contribution is -0.140. The molecule has 5 heteroatoms. The van der Waals surface area contributed by atoms with Gasteiger partial charge in [0.25, 0.3) is 0 Å². The number of rotatable bonds is 5. The number of aryl methyl sites for hydroxylation is 1. The van der Waals surface area contributed by atoms with Crippen molar-refractivity contribution in [1.29, 1.82) is 0 Å². The maximum atomic E-state index is 13.1. The molecule has 0 bridgehead atoms. The molecule has 0 aromatic heterocycles. The molecule has 1 aliphatic heterocycles. The first-order valence-corrected chi connectivity index (χ1v) is 8.31. The highest BCUT2D eigenvalue weighted by atomic mass is 16.3. The van der Waals surface area contributed by atoms with Crippen LogP contribution in [0, 0.1) is 0 Å². The zero-order chi connectivity index (χ0) is 16.4. The van der Waals surface area contributed by atoms with E-state index in [9.17, 15) is 9.59 Å². The molecule has 1 fully saturated rings. The Morgan fingerprint density at radius 3 is 2.83 bits per heavy atom. The summed E-state index contributed by atoms with van der Waals surface area (Å²) < 4.78 is 0. The Labute approximate surface area is 136 Å². The number of likely N-dealkylation sites (N-methyl/N-ethyl adjacent to an activating group) is 1. The molecular weight excluding hydrogens is 292 g/mol. The van der Waals surface area contributed by atoms with E-state index in [4.69, 9.17) is 5.11 Å². The first-order chi connectivity index (χ1) is 11.1. The van der Waals surface area contributed by atoms with Gasteiger partial charge in [-0.05, 0) is 37.4 Å². The number of aliphatic hydroxyl groups excluding tert-OH is 1. The van der Waals surface area contributed by atoms with Gasteiger partial charge in [-0.2, -0.15) is 0 Å². The van der Waals surface area contributed by atoms with Crippen molar-refractivity contribution >= 4 is 11.8 Å². The number of benzene rings is 1. The average Bonchev–Trinajstić information content (AvgIpc) is 2.77. The maximum absolute atomic E-state index is 13.1. The number of carbonyl (C=O) groups is 2. The van der Waals surface area contributed by atoms with Crippen molar-refractivity contribution in [2.45, 2.75) is 31.1 Å². The van der Waals surface area contributed by atoms with Crippen LogP contribution in [0.15, 0.2) is 24.3 Å². The molecular formula is C18H24N2O3. The largest absolute Gasteiger partial charge is 0.395 e. The average molecular weight is 316 g/mol. The van der Waals surface area contributed by atoms with Crippen LogP contribution in [0.3, 0.4) is 0 Å². The molecule has 0 saturated carbocycles. The van der Waals surface area contributed by atoms with Gasteiger partial charge in [-0.15, -0.1) is 0 Å². The Bertz CT molecular complexity index is 616. The van der Waals surface area contributed by atoms with Crippen LogP contribution in [0.25, 0.3) is 0 Å². The van der Waals surface area contributed by atoms with E-state index in [2.05, 4.69) is 6.07 Å². The number of fused-ring (bicyclic) bond motifs is 2. The summed E-state index contributed by atoms with van der Waals surface area (Å²) in [4.78, 5) is 28.9. The maximum Gasteiger partial charge on any atom is 0.240 e. The molecule has 23 heavy (non-hydrogen) atoms. The number of likely N-dealkylation sites (tertiary alicyclic amines) is 1. The fourth-order valence-electron chi connectivity index (χ4n) is 3.91. The van der Waals surface area contributed by atoms with Crippen LogP contribution in [0.5, 0.6) is 0 Å². The minimum atomic E-state index is -0.637. The summed E-state index contributed by atoms with van der Waals surface area (Å²) >= 11 is 0. The van der Waals surface area contributed by atoms with Crippen LogP contribution in [0.4, 0.5) is 0 Å². The molecule has 1 heterocycles. The van der Waals surface area contributed by atoms with E-state index in [1.807, 2.05) is 30.1 Å². The predicted octanol–water partition coefficient (Wildman–Crippen LogP) is 0.944. The highest BCUT2D eigenvalue weighted by molar-refractivity contribution is 6.09. The number of aliphatic hydroxyl groups is 1. The van der Waals surface area contributed by atoms with Gasteiger partial charge in [0.1, 0.15) is 0 Å². The Kier molecular flexibility index (Phi) is 4.50. The van der Waals surface area contributed by atoms with E-state index in [1.54, 1.807) is 0 Å². The molecule has 0 radical (unpaired) electrons. The van der Waals surface area contributed by atoms with E-state index in [0.717, 1.165) is 24.8 Å². The lowest BCUT2D eigenvalue weighted by Gasteiger charge is -2.33. The summed E-state index contributed by atoms with van der Waals surface area (Å²) in [6, 6.07) is 8.05. The molecule has 5 nitrogen and oxygen atoms in total. The molecule has 2 amide bonds. The Morgan fingerprint density at radius 1 is 1.26 bits per heavy atom. The zero-order valence-corrected chi connectivity index (χ0v) is 13.6. The molecule has 1 aromatic carbocycles. The van der Waals surface area contributed by atoms with Crippen molar-refractivity contribution in [3.8, 4) is 0 Å². The molecule has 1 N–H and O–H groups in total. The Balaban J connectivity index is 1.82. The summed E-state index contributed by atoms with van der Waals surface area (Å²) in [5, 5.41) is 8.95. The smallest absolute Gasteiger partial charge is 0.240 e. The van der Waals surface area contributed by atoms with Crippen molar-refractivity contribution in [1.82, 2.24) is 9.80 Å². The highest BCUT2D eigenvalue weighted by Crippen LogP contribution is 2.45. The first kappa shape index (κ1) is 16.1. The molecule has 1 spiro atoms. The molecule has 1 atom stereocenters. The minimum Gasteiger partial charge on any atom is -0.395 e. The summed E-state index contributed by atoms with van der Waals surface area (Å²) in [6.45, 7) is 1.62. The topological polar surface area (TPSA) is 60.9 Å². The van der Waals surface area contributed by atoms with Gasteiger partial charge in [0.05, 0.1) is 12.0 Å². The Morgan fingerprint density at radius 2 is 2.04 bits per heavy atom. The lowest BCUT2D eigenvalue weighted by Crippen LogP contribution is -2.43. The van der Waals surface area contributed by atoms with Gasteiger partial charge in [0.15, 0.2) is 0 Å². The standard InChI is InChI=1S/C18H24N2O3/c1-19(11-12-21)9-10-20-16(22)13-18(17(20)23)8-4-6-14-5-2-3-7-15(14)18/h2-3,5,7,21H,4,6,8-13H2,1H3. The van der Waals surface area contributed by atoms with Crippen LogP contribution < -0.4 is 0 Å². The van der Waals surface area contributed by atoms with Crippen LogP contribution in [-0.2, 0) is 21.4 Å². The van der Waals surface area contributed by atoms with Gasteiger partial charge in [0, 0.05) is 26.1 Å². The van der Waals surface area contributed by atoms with Gasteiger partial charge >= 0.3 is 0 Å². The van der Waals surface area contributed by atoms with Crippen LogP contribution >= 0.6 is 0 Å². The van der Waals surface area contributed by atoms with Crippen LogP contribution in [-0.4, -0.2) is 60.0 Å². The second kappa shape index (κ2) is 6.42. The Hall–Kier alpha value is -1.72. The number of amides is 2. The monoisotopic (exact) mass is 316 g/mol. The van der Waals surface area contributed by atoms with Gasteiger partial charge in [-0.3, -0.25) is 14.5 Å². The van der Waals surface area contributed by atoms with Crippen LogP contribution in [0.1, 0.15) is 30.4 Å². The minimum absolute atomic E-state index is 0.0351. The molecule has 1 unspecified atom stereocenters. The fourth-order valence-corrected chi connectivity index (χ4v) is 3.91. The number of nitrogens with zero attached hydrogens (tertiary/aromatic N) is 2. The summed E-state index contributed by atoms with van der Waals surface area (Å²) in [7, 11) is 1.88. The summed E-state index contributed by atoms with van der Waals surface area (Å²) in [5.74, 6) is -0.101. The third-order valence-corrected chi connectivity index (χ3v) is 5.18. The van der Waals surface area contributed by atoms with Crippen molar-refractivity contribution < 1.29 is 14.7 Å². The molecule has 1 saturated heterocycles. The van der Waals surface area contributed by atoms with Gasteiger partial charge in [-0.1, -0.05) is 24.3 Å². The SMILES string of the molecule is CN(CCO)CCN1C(=O)CC2(CCCc3ccccc32)C1=O. The first-order valence-electron chi connectivity index (χ1n) is 8.31. The number of hydrogen-bond donors (Lipinski definition) is 1. The van der Waals surface area contributed by atoms with Gasteiger partial charge in [0.2, 0.25) is 11.8 Å². The van der Waals surface area contributed by atoms with E-state index in [-0.39, 0.29) is 18.4 Å². The molecule has 2 aliphatic rings. The lowest BCUT2D eigenvalue weighted by atomic mass is 9.69. The van der Waals surface area contributed by atoms with Crippen molar-refractivity contribution in [2.24, 2.45) is 0 Å². The summed E-state index contributed by atoms with van der Waals surface area (Å²) in [5.41, 5.74) is 1.62. The zero-order valence-electron chi connectivity index (χ0n) is 13.6. The third-order valence-electron chi connectivity index (χ3n) is 5.18. The van der Waals surface area contributed by atoms with Crippen LogP contribution in [0.2, 0.25) is 0 Å². The van der Waals surface area contributed by atoms with Gasteiger partial charge in [-0.25, -0.2) is 0 Å². The van der Waals surface area contributed by atoms with Crippen molar-refractivity contribution in [3.05, 3.63) is 35.4 Å².